The summed E-state index contributed by atoms with van der Waals surface area (Å²) in [5.74, 6) is 0. The highest BCUT2D eigenvalue weighted by atomic mass is 32.2. The predicted molar refractivity (Wildman–Crippen MR) is 66.1 cm³/mol. The van der Waals surface area contributed by atoms with E-state index in [-0.39, 0.29) is 5.16 Å². The molecular formula is C12H13N3O2S. The molecule has 2 heterocycles. The number of aromatic nitrogens is 2. The highest BCUT2D eigenvalue weighted by Crippen LogP contribution is 2.27. The molecule has 2 aromatic rings. The van der Waals surface area contributed by atoms with Gasteiger partial charge in [0.1, 0.15) is 0 Å². The summed E-state index contributed by atoms with van der Waals surface area (Å²) < 4.78 is 27.8. The van der Waals surface area contributed by atoms with Crippen LogP contribution < -0.4 is 0 Å². The summed E-state index contributed by atoms with van der Waals surface area (Å²) in [5, 5.41) is 0.0929. The second-order valence-corrected chi connectivity index (χ2v) is 6.19. The Morgan fingerprint density at radius 3 is 2.28 bits per heavy atom. The fourth-order valence-electron chi connectivity index (χ4n) is 2.19. The third-order valence-electron chi connectivity index (χ3n) is 3.16. The highest BCUT2D eigenvalue weighted by molar-refractivity contribution is 7.88. The zero-order valence-electron chi connectivity index (χ0n) is 9.94. The first-order valence-corrected chi connectivity index (χ1v) is 7.07. The van der Waals surface area contributed by atoms with Crippen molar-refractivity contribution in [1.29, 1.82) is 0 Å². The lowest BCUT2D eigenvalue weighted by atomic mass is 10.1. The zero-order chi connectivity index (χ0) is 12.8. The predicted octanol–water partition coefficient (Wildman–Crippen LogP) is 1.12. The molecule has 0 saturated carbocycles. The van der Waals surface area contributed by atoms with Crippen LogP contribution in [0.1, 0.15) is 11.1 Å². The molecule has 0 bridgehead atoms. The number of fused-ring (bicyclic) bond motifs is 1. The van der Waals surface area contributed by atoms with Gasteiger partial charge in [-0.15, -0.1) is 0 Å². The summed E-state index contributed by atoms with van der Waals surface area (Å²) in [6.45, 7) is 0.844. The standard InChI is InChI=1S/C12H13N3O2S/c1-14-7-6-13-12(14)18(16,17)15-8-10-4-2-3-5-11(10)9-15/h2-7H,8-9H2,1H3. The number of benzene rings is 1. The van der Waals surface area contributed by atoms with Crippen LogP contribution in [0.25, 0.3) is 0 Å². The summed E-state index contributed by atoms with van der Waals surface area (Å²) in [6, 6.07) is 7.78. The van der Waals surface area contributed by atoms with Crippen molar-refractivity contribution in [2.75, 3.05) is 0 Å². The van der Waals surface area contributed by atoms with E-state index in [1.165, 1.54) is 15.1 Å². The largest absolute Gasteiger partial charge is 0.324 e. The Kier molecular flexibility index (Phi) is 2.49. The van der Waals surface area contributed by atoms with Crippen molar-refractivity contribution in [2.24, 2.45) is 7.05 Å². The molecule has 5 nitrogen and oxygen atoms in total. The van der Waals surface area contributed by atoms with Crippen molar-refractivity contribution in [2.45, 2.75) is 18.2 Å². The molecule has 0 radical (unpaired) electrons. The Morgan fingerprint density at radius 2 is 1.78 bits per heavy atom. The number of imidazole rings is 1. The Morgan fingerprint density at radius 1 is 1.17 bits per heavy atom. The molecule has 1 aromatic heterocycles. The topological polar surface area (TPSA) is 55.2 Å². The maximum absolute atomic E-state index is 12.4. The van der Waals surface area contributed by atoms with Crippen LogP contribution in [0.3, 0.4) is 0 Å². The van der Waals surface area contributed by atoms with Gasteiger partial charge in [-0.3, -0.25) is 0 Å². The fraction of sp³-hybridized carbons (Fsp3) is 0.250. The van der Waals surface area contributed by atoms with Gasteiger partial charge in [0.25, 0.3) is 10.0 Å². The molecule has 0 N–H and O–H groups in total. The van der Waals surface area contributed by atoms with Crippen LogP contribution in [0.5, 0.6) is 0 Å². The summed E-state index contributed by atoms with van der Waals surface area (Å²) in [6.07, 6.45) is 3.13. The van der Waals surface area contributed by atoms with Crippen LogP contribution in [0.15, 0.2) is 41.8 Å². The van der Waals surface area contributed by atoms with E-state index >= 15 is 0 Å². The van der Waals surface area contributed by atoms with Gasteiger partial charge >= 0.3 is 0 Å². The van der Waals surface area contributed by atoms with E-state index in [0.29, 0.717) is 13.1 Å². The molecule has 18 heavy (non-hydrogen) atoms. The summed E-state index contributed by atoms with van der Waals surface area (Å²) >= 11 is 0. The van der Waals surface area contributed by atoms with Crippen LogP contribution in [0, 0.1) is 0 Å². The van der Waals surface area contributed by atoms with E-state index < -0.39 is 10.0 Å². The Labute approximate surface area is 106 Å². The van der Waals surface area contributed by atoms with Crippen LogP contribution in [0.4, 0.5) is 0 Å². The van der Waals surface area contributed by atoms with Gasteiger partial charge in [-0.1, -0.05) is 24.3 Å². The molecule has 3 rings (SSSR count). The van der Waals surface area contributed by atoms with Crippen LogP contribution in [0.2, 0.25) is 0 Å². The van der Waals surface area contributed by atoms with Gasteiger partial charge in [-0.05, 0) is 11.1 Å². The van der Waals surface area contributed by atoms with Crippen LogP contribution in [-0.2, 0) is 30.2 Å². The average molecular weight is 263 g/mol. The number of hydrogen-bond acceptors (Lipinski definition) is 3. The molecule has 6 heteroatoms. The third-order valence-corrected chi connectivity index (χ3v) is 4.95. The Balaban J connectivity index is 1.98. The number of aryl methyl sites for hydroxylation is 1. The quantitative estimate of drug-likeness (QED) is 0.816. The lowest BCUT2D eigenvalue weighted by Crippen LogP contribution is -2.27. The minimum absolute atomic E-state index is 0.0929. The van der Waals surface area contributed by atoms with Crippen LogP contribution >= 0.6 is 0 Å². The normalized spacial score (nSPS) is 15.8. The van der Waals surface area contributed by atoms with Crippen molar-refractivity contribution in [3.05, 3.63) is 47.8 Å². The monoisotopic (exact) mass is 263 g/mol. The second kappa shape index (κ2) is 3.93. The Bertz CT molecular complexity index is 666. The molecular weight excluding hydrogens is 250 g/mol. The zero-order valence-corrected chi connectivity index (χ0v) is 10.8. The lowest BCUT2D eigenvalue weighted by molar-refractivity contribution is 0.423. The van der Waals surface area contributed by atoms with Crippen molar-refractivity contribution in [3.63, 3.8) is 0 Å². The molecule has 1 aromatic carbocycles. The average Bonchev–Trinajstić information content (AvgIpc) is 2.94. The number of hydrogen-bond donors (Lipinski definition) is 0. The SMILES string of the molecule is Cn1ccnc1S(=O)(=O)N1Cc2ccccc2C1. The van der Waals surface area contributed by atoms with E-state index in [4.69, 9.17) is 0 Å². The first kappa shape index (κ1) is 11.4. The molecule has 0 unspecified atom stereocenters. The van der Waals surface area contributed by atoms with Gasteiger partial charge < -0.3 is 4.57 Å². The maximum Gasteiger partial charge on any atom is 0.277 e. The molecule has 0 aliphatic carbocycles. The molecule has 0 amide bonds. The third kappa shape index (κ3) is 1.65. The highest BCUT2D eigenvalue weighted by Gasteiger charge is 2.32. The molecule has 0 atom stereocenters. The van der Waals surface area contributed by atoms with E-state index in [0.717, 1.165) is 11.1 Å². The van der Waals surface area contributed by atoms with Crippen LogP contribution in [-0.4, -0.2) is 22.3 Å². The molecule has 1 aliphatic rings. The van der Waals surface area contributed by atoms with E-state index in [9.17, 15) is 8.42 Å². The van der Waals surface area contributed by atoms with Gasteiger partial charge in [0.05, 0.1) is 0 Å². The molecule has 94 valence electrons. The molecule has 1 aliphatic heterocycles. The molecule has 0 saturated heterocycles. The van der Waals surface area contributed by atoms with Crippen molar-refractivity contribution >= 4 is 10.0 Å². The minimum Gasteiger partial charge on any atom is -0.324 e. The van der Waals surface area contributed by atoms with Crippen molar-refractivity contribution < 1.29 is 8.42 Å². The Hall–Kier alpha value is -1.66. The first-order chi connectivity index (χ1) is 8.59. The number of nitrogens with zero attached hydrogens (tertiary/aromatic N) is 3. The van der Waals surface area contributed by atoms with E-state index in [1.807, 2.05) is 24.3 Å². The summed E-state index contributed by atoms with van der Waals surface area (Å²) in [5.41, 5.74) is 2.13. The fourth-order valence-corrected chi connectivity index (χ4v) is 3.66. The maximum atomic E-state index is 12.4. The minimum atomic E-state index is -3.51. The van der Waals surface area contributed by atoms with Crippen molar-refractivity contribution in [3.8, 4) is 0 Å². The number of sulfonamides is 1. The van der Waals surface area contributed by atoms with Gasteiger partial charge in [-0.25, -0.2) is 13.4 Å². The van der Waals surface area contributed by atoms with Gasteiger partial charge in [0, 0.05) is 32.5 Å². The lowest BCUT2D eigenvalue weighted by Gasteiger charge is -2.14. The molecule has 0 spiro atoms. The second-order valence-electron chi connectivity index (χ2n) is 4.36. The van der Waals surface area contributed by atoms with Gasteiger partial charge in [0.2, 0.25) is 5.16 Å². The van der Waals surface area contributed by atoms with Gasteiger partial charge in [-0.2, -0.15) is 4.31 Å². The van der Waals surface area contributed by atoms with Crippen molar-refractivity contribution in [1.82, 2.24) is 13.9 Å². The van der Waals surface area contributed by atoms with E-state index in [2.05, 4.69) is 4.98 Å². The van der Waals surface area contributed by atoms with E-state index in [1.54, 1.807) is 13.2 Å². The molecule has 0 fully saturated rings. The summed E-state index contributed by atoms with van der Waals surface area (Å²) in [4.78, 5) is 3.93. The first-order valence-electron chi connectivity index (χ1n) is 5.63. The summed E-state index contributed by atoms with van der Waals surface area (Å²) in [7, 11) is -1.82. The number of rotatable bonds is 2. The smallest absolute Gasteiger partial charge is 0.277 e. The van der Waals surface area contributed by atoms with Gasteiger partial charge in [0.15, 0.2) is 0 Å².